The molecule has 1 N–H and O–H groups in total. The smallest absolute Gasteiger partial charge is 0.122 e. The topological polar surface area (TPSA) is 21.3 Å². The number of aryl methyl sites for hydroxylation is 1. The maximum atomic E-state index is 5.87. The molecule has 0 radical (unpaired) electrons. The number of nitrogens with one attached hydrogen (secondary N) is 1. The van der Waals surface area contributed by atoms with E-state index < -0.39 is 0 Å². The molecular weight excluding hydrogens is 222 g/mol. The minimum atomic E-state index is 0.0771. The van der Waals surface area contributed by atoms with Crippen LogP contribution in [0.5, 0.6) is 5.75 Å². The molecule has 0 aliphatic carbocycles. The Bertz CT molecular complexity index is 384. The molecule has 2 nitrogen and oxygen atoms in total. The largest absolute Gasteiger partial charge is 0.489 e. The highest BCUT2D eigenvalue weighted by Gasteiger charge is 2.05. The normalized spacial score (nSPS) is 11.9. The highest BCUT2D eigenvalue weighted by atomic mass is 35.5. The van der Waals surface area contributed by atoms with Gasteiger partial charge in [-0.1, -0.05) is 17.5 Å². The number of benzene rings is 1. The Morgan fingerprint density at radius 1 is 1.56 bits per heavy atom. The van der Waals surface area contributed by atoms with Crippen LogP contribution in [0.3, 0.4) is 0 Å². The third kappa shape index (κ3) is 4.14. The zero-order valence-corrected chi connectivity index (χ0v) is 10.3. The lowest BCUT2D eigenvalue weighted by molar-refractivity contribution is 0.218. The minimum Gasteiger partial charge on any atom is -0.489 e. The Morgan fingerprint density at radius 3 is 2.94 bits per heavy atom. The highest BCUT2D eigenvalue weighted by Crippen LogP contribution is 2.22. The van der Waals surface area contributed by atoms with Gasteiger partial charge < -0.3 is 10.1 Å². The first-order valence-electron chi connectivity index (χ1n) is 5.20. The zero-order chi connectivity index (χ0) is 12.0. The van der Waals surface area contributed by atoms with Gasteiger partial charge in [0, 0.05) is 11.6 Å². The van der Waals surface area contributed by atoms with Gasteiger partial charge in [0.2, 0.25) is 0 Å². The van der Waals surface area contributed by atoms with Crippen LogP contribution in [0.4, 0.5) is 0 Å². The summed E-state index contributed by atoms with van der Waals surface area (Å²) in [5.41, 5.74) is 1.04. The lowest BCUT2D eigenvalue weighted by Crippen LogP contribution is -2.29. The summed E-state index contributed by atoms with van der Waals surface area (Å²) in [6, 6.07) is 5.60. The summed E-state index contributed by atoms with van der Waals surface area (Å²) in [5, 5.41) is 3.82. The third-order valence-electron chi connectivity index (χ3n) is 2.12. The fourth-order valence-electron chi connectivity index (χ4n) is 1.35. The fourth-order valence-corrected chi connectivity index (χ4v) is 1.58. The van der Waals surface area contributed by atoms with E-state index in [1.807, 2.05) is 32.0 Å². The van der Waals surface area contributed by atoms with Crippen molar-refractivity contribution in [1.29, 1.82) is 0 Å². The summed E-state index contributed by atoms with van der Waals surface area (Å²) < 4.78 is 5.76. The van der Waals surface area contributed by atoms with Crippen molar-refractivity contribution < 1.29 is 4.74 Å². The fraction of sp³-hybridized carbons (Fsp3) is 0.385. The van der Waals surface area contributed by atoms with Crippen LogP contribution in [-0.2, 0) is 0 Å². The van der Waals surface area contributed by atoms with Gasteiger partial charge in [0.15, 0.2) is 0 Å². The average molecular weight is 238 g/mol. The molecule has 3 heteroatoms. The number of rotatable bonds is 5. The SMILES string of the molecule is C#CCNCC(C)Oc1ccc(Cl)cc1C. The van der Waals surface area contributed by atoms with Crippen LogP contribution in [0, 0.1) is 19.3 Å². The van der Waals surface area contributed by atoms with Crippen molar-refractivity contribution in [3.8, 4) is 18.1 Å². The van der Waals surface area contributed by atoms with E-state index in [-0.39, 0.29) is 6.10 Å². The average Bonchev–Trinajstić information content (AvgIpc) is 2.23. The van der Waals surface area contributed by atoms with Gasteiger partial charge in [0.25, 0.3) is 0 Å². The maximum Gasteiger partial charge on any atom is 0.122 e. The molecule has 0 aliphatic heterocycles. The van der Waals surface area contributed by atoms with E-state index in [0.717, 1.165) is 22.9 Å². The Hall–Kier alpha value is -1.17. The molecule has 0 spiro atoms. The van der Waals surface area contributed by atoms with E-state index in [1.165, 1.54) is 0 Å². The molecule has 1 aromatic rings. The van der Waals surface area contributed by atoms with Gasteiger partial charge in [-0.05, 0) is 37.6 Å². The van der Waals surface area contributed by atoms with E-state index >= 15 is 0 Å². The molecule has 1 aromatic carbocycles. The molecule has 0 amide bonds. The van der Waals surface area contributed by atoms with Gasteiger partial charge in [-0.2, -0.15) is 0 Å². The van der Waals surface area contributed by atoms with Gasteiger partial charge >= 0.3 is 0 Å². The molecule has 0 saturated heterocycles. The van der Waals surface area contributed by atoms with Gasteiger partial charge in [-0.3, -0.25) is 0 Å². The second kappa shape index (κ2) is 6.42. The Morgan fingerprint density at radius 2 is 2.31 bits per heavy atom. The maximum absolute atomic E-state index is 5.87. The molecule has 16 heavy (non-hydrogen) atoms. The van der Waals surface area contributed by atoms with Gasteiger partial charge in [0.05, 0.1) is 6.54 Å². The van der Waals surface area contributed by atoms with Crippen LogP contribution in [0.15, 0.2) is 18.2 Å². The molecular formula is C13H16ClNO. The van der Waals surface area contributed by atoms with Crippen molar-refractivity contribution in [2.24, 2.45) is 0 Å². The standard InChI is InChI=1S/C13H16ClNO/c1-4-7-15-9-11(3)16-13-6-5-12(14)8-10(13)2/h1,5-6,8,11,15H,7,9H2,2-3H3. The lowest BCUT2D eigenvalue weighted by atomic mass is 10.2. The summed E-state index contributed by atoms with van der Waals surface area (Å²) in [5.74, 6) is 3.38. The predicted molar refractivity (Wildman–Crippen MR) is 68.0 cm³/mol. The lowest BCUT2D eigenvalue weighted by Gasteiger charge is -2.16. The highest BCUT2D eigenvalue weighted by molar-refractivity contribution is 6.30. The zero-order valence-electron chi connectivity index (χ0n) is 9.59. The van der Waals surface area contributed by atoms with Gasteiger partial charge in [-0.15, -0.1) is 6.42 Å². The van der Waals surface area contributed by atoms with E-state index in [1.54, 1.807) is 0 Å². The van der Waals surface area contributed by atoms with Gasteiger partial charge in [-0.25, -0.2) is 0 Å². The predicted octanol–water partition coefficient (Wildman–Crippen LogP) is 2.64. The monoisotopic (exact) mass is 237 g/mol. The summed E-state index contributed by atoms with van der Waals surface area (Å²) >= 11 is 5.87. The second-order valence-electron chi connectivity index (χ2n) is 3.67. The minimum absolute atomic E-state index is 0.0771. The number of ether oxygens (including phenoxy) is 1. The first kappa shape index (κ1) is 12.9. The molecule has 0 aliphatic rings. The molecule has 0 saturated carbocycles. The molecule has 86 valence electrons. The number of halogens is 1. The van der Waals surface area contributed by atoms with Crippen LogP contribution >= 0.6 is 11.6 Å². The molecule has 1 unspecified atom stereocenters. The summed E-state index contributed by atoms with van der Waals surface area (Å²) in [4.78, 5) is 0. The van der Waals surface area contributed by atoms with Crippen molar-refractivity contribution in [3.63, 3.8) is 0 Å². The first-order valence-corrected chi connectivity index (χ1v) is 5.58. The number of hydrogen-bond acceptors (Lipinski definition) is 2. The van der Waals surface area contributed by atoms with Crippen LogP contribution in [0.1, 0.15) is 12.5 Å². The van der Waals surface area contributed by atoms with E-state index in [4.69, 9.17) is 22.8 Å². The van der Waals surface area contributed by atoms with Crippen LogP contribution in [0.25, 0.3) is 0 Å². The van der Waals surface area contributed by atoms with Crippen LogP contribution < -0.4 is 10.1 Å². The molecule has 1 rings (SSSR count). The van der Waals surface area contributed by atoms with Crippen molar-refractivity contribution in [3.05, 3.63) is 28.8 Å². The molecule has 0 heterocycles. The van der Waals surface area contributed by atoms with Crippen molar-refractivity contribution in [2.75, 3.05) is 13.1 Å². The van der Waals surface area contributed by atoms with E-state index in [9.17, 15) is 0 Å². The van der Waals surface area contributed by atoms with E-state index in [2.05, 4.69) is 11.2 Å². The quantitative estimate of drug-likeness (QED) is 0.628. The first-order chi connectivity index (χ1) is 7.63. The Labute approximate surface area is 102 Å². The number of hydrogen-bond donors (Lipinski definition) is 1. The Kier molecular flexibility index (Phi) is 5.18. The molecule has 0 bridgehead atoms. The summed E-state index contributed by atoms with van der Waals surface area (Å²) in [6.45, 7) is 5.26. The van der Waals surface area contributed by atoms with Crippen LogP contribution in [-0.4, -0.2) is 19.2 Å². The van der Waals surface area contributed by atoms with Crippen molar-refractivity contribution in [1.82, 2.24) is 5.32 Å². The Balaban J connectivity index is 2.50. The second-order valence-corrected chi connectivity index (χ2v) is 4.11. The van der Waals surface area contributed by atoms with Crippen molar-refractivity contribution in [2.45, 2.75) is 20.0 Å². The third-order valence-corrected chi connectivity index (χ3v) is 2.36. The number of terminal acetylenes is 1. The van der Waals surface area contributed by atoms with Crippen molar-refractivity contribution >= 4 is 11.6 Å². The molecule has 1 atom stereocenters. The van der Waals surface area contributed by atoms with Gasteiger partial charge in [0.1, 0.15) is 11.9 Å². The molecule has 0 fully saturated rings. The van der Waals surface area contributed by atoms with Crippen LogP contribution in [0.2, 0.25) is 5.02 Å². The summed E-state index contributed by atoms with van der Waals surface area (Å²) in [7, 11) is 0. The summed E-state index contributed by atoms with van der Waals surface area (Å²) in [6.07, 6.45) is 5.22. The van der Waals surface area contributed by atoms with E-state index in [0.29, 0.717) is 6.54 Å². The molecule has 0 aromatic heterocycles.